The number of hydrogen-bond acceptors (Lipinski definition) is 5. The molecule has 0 atom stereocenters. The Hall–Kier alpha value is -2.67. The Morgan fingerprint density at radius 1 is 1.13 bits per heavy atom. The molecule has 0 bridgehead atoms. The number of carbonyl (C=O) groups is 1. The van der Waals surface area contributed by atoms with E-state index in [0.29, 0.717) is 5.92 Å². The van der Waals surface area contributed by atoms with E-state index in [2.05, 4.69) is 58.0 Å². The summed E-state index contributed by atoms with van der Waals surface area (Å²) >= 11 is 1.55. The molecule has 2 aromatic heterocycles. The van der Waals surface area contributed by atoms with Crippen LogP contribution < -0.4 is 5.32 Å². The fourth-order valence-electron chi connectivity index (χ4n) is 4.03. The fourth-order valence-corrected chi connectivity index (χ4v) is 5.42. The Morgan fingerprint density at radius 2 is 1.87 bits per heavy atom. The van der Waals surface area contributed by atoms with Crippen molar-refractivity contribution in [1.82, 2.24) is 19.7 Å². The van der Waals surface area contributed by atoms with Crippen molar-refractivity contribution in [3.05, 3.63) is 54.2 Å². The summed E-state index contributed by atoms with van der Waals surface area (Å²) in [5.41, 5.74) is 2.90. The molecule has 7 heteroatoms. The molecule has 0 saturated heterocycles. The number of nitrogens with zero attached hydrogens (tertiary/aromatic N) is 4. The van der Waals surface area contributed by atoms with E-state index in [1.807, 2.05) is 30.3 Å². The number of aromatic nitrogens is 4. The number of nitrogens with one attached hydrogen (secondary N) is 1. The van der Waals surface area contributed by atoms with E-state index in [4.69, 9.17) is 0 Å². The largest absolute Gasteiger partial charge is 0.325 e. The average Bonchev–Trinajstić information content (AvgIpc) is 3.42. The average molecular weight is 436 g/mol. The summed E-state index contributed by atoms with van der Waals surface area (Å²) in [6.45, 7) is 7.12. The lowest BCUT2D eigenvalue weighted by Gasteiger charge is -2.26. The third-order valence-electron chi connectivity index (χ3n) is 5.87. The first kappa shape index (κ1) is 21.6. The molecule has 2 heterocycles. The van der Waals surface area contributed by atoms with Gasteiger partial charge in [-0.1, -0.05) is 56.7 Å². The number of anilines is 1. The van der Waals surface area contributed by atoms with Gasteiger partial charge in [-0.05, 0) is 55.5 Å². The number of amides is 1. The maximum absolute atomic E-state index is 13.4. The van der Waals surface area contributed by atoms with Crippen LogP contribution in [0, 0.1) is 0 Å². The number of rotatable bonds is 7. The van der Waals surface area contributed by atoms with Gasteiger partial charge in [-0.3, -0.25) is 9.78 Å². The van der Waals surface area contributed by atoms with Crippen LogP contribution in [-0.2, 0) is 11.3 Å². The lowest BCUT2D eigenvalue weighted by atomic mass is 10.0. The molecule has 0 unspecified atom stereocenters. The van der Waals surface area contributed by atoms with Gasteiger partial charge in [0.05, 0.1) is 0 Å². The quantitative estimate of drug-likeness (QED) is 0.528. The van der Waals surface area contributed by atoms with Gasteiger partial charge >= 0.3 is 0 Å². The third-order valence-corrected chi connectivity index (χ3v) is 7.34. The maximum atomic E-state index is 13.4. The molecule has 1 N–H and O–H groups in total. The molecule has 1 aromatic carbocycles. The topological polar surface area (TPSA) is 72.7 Å². The van der Waals surface area contributed by atoms with Gasteiger partial charge in [0.1, 0.15) is 10.4 Å². The summed E-state index contributed by atoms with van der Waals surface area (Å²) < 4.78 is 1.52. The van der Waals surface area contributed by atoms with E-state index >= 15 is 0 Å². The summed E-state index contributed by atoms with van der Waals surface area (Å²) in [7, 11) is 0. The zero-order valence-corrected chi connectivity index (χ0v) is 19.2. The molecule has 1 saturated carbocycles. The molecular weight excluding hydrogens is 406 g/mol. The zero-order valence-electron chi connectivity index (χ0n) is 18.3. The van der Waals surface area contributed by atoms with E-state index in [1.165, 1.54) is 5.56 Å². The molecule has 3 aromatic rings. The highest BCUT2D eigenvalue weighted by Crippen LogP contribution is 2.46. The zero-order chi connectivity index (χ0) is 21.8. The van der Waals surface area contributed by atoms with Crippen LogP contribution in [0.2, 0.25) is 0 Å². The van der Waals surface area contributed by atoms with Gasteiger partial charge in [-0.2, -0.15) is 0 Å². The van der Waals surface area contributed by atoms with Crippen LogP contribution in [0.15, 0.2) is 53.8 Å². The van der Waals surface area contributed by atoms with Crippen molar-refractivity contribution >= 4 is 23.4 Å². The Kier molecular flexibility index (Phi) is 6.41. The highest BCUT2D eigenvalue weighted by molar-refractivity contribution is 8.01. The van der Waals surface area contributed by atoms with E-state index < -0.39 is 4.75 Å². The second-order valence-electron chi connectivity index (χ2n) is 8.30. The van der Waals surface area contributed by atoms with Crippen LogP contribution in [0.5, 0.6) is 0 Å². The van der Waals surface area contributed by atoms with Crippen LogP contribution in [0.1, 0.15) is 57.9 Å². The molecule has 4 rings (SSSR count). The van der Waals surface area contributed by atoms with Gasteiger partial charge in [0.25, 0.3) is 0 Å². The summed E-state index contributed by atoms with van der Waals surface area (Å²) in [6.07, 6.45) is 5.51. The molecule has 1 aliphatic rings. The van der Waals surface area contributed by atoms with Crippen molar-refractivity contribution in [2.24, 2.45) is 0 Å². The lowest BCUT2D eigenvalue weighted by Crippen LogP contribution is -2.37. The van der Waals surface area contributed by atoms with Crippen molar-refractivity contribution in [1.29, 1.82) is 0 Å². The van der Waals surface area contributed by atoms with E-state index in [-0.39, 0.29) is 5.91 Å². The van der Waals surface area contributed by atoms with Crippen molar-refractivity contribution in [2.75, 3.05) is 5.32 Å². The minimum Gasteiger partial charge on any atom is -0.325 e. The standard InChI is InChI=1S/C24H29N5OS/c1-4-29-21(20-9-5-8-16-25-20)27-28-23(29)31-24(14-6-7-15-24)22(30)26-19-12-10-18(11-13-19)17(2)3/h5,8-13,16-17H,4,6-7,14-15H2,1-3H3,(H,26,30). The first-order valence-electron chi connectivity index (χ1n) is 11.0. The second kappa shape index (κ2) is 9.22. The van der Waals surface area contributed by atoms with Crippen molar-refractivity contribution < 1.29 is 4.79 Å². The van der Waals surface area contributed by atoms with Crippen LogP contribution in [0.25, 0.3) is 11.5 Å². The van der Waals surface area contributed by atoms with Gasteiger partial charge in [0.2, 0.25) is 5.91 Å². The predicted octanol–water partition coefficient (Wildman–Crippen LogP) is 5.53. The van der Waals surface area contributed by atoms with Crippen molar-refractivity contribution in [3.8, 4) is 11.5 Å². The SMILES string of the molecule is CCn1c(SC2(C(=O)Nc3ccc(C(C)C)cc3)CCCC2)nnc1-c1ccccn1. The van der Waals surface area contributed by atoms with Crippen LogP contribution in [0.3, 0.4) is 0 Å². The van der Waals surface area contributed by atoms with Gasteiger partial charge in [0, 0.05) is 18.4 Å². The maximum Gasteiger partial charge on any atom is 0.241 e. The minimum absolute atomic E-state index is 0.0531. The molecule has 1 amide bonds. The summed E-state index contributed by atoms with van der Waals surface area (Å²) in [4.78, 5) is 17.9. The second-order valence-corrected chi connectivity index (χ2v) is 9.65. The first-order valence-corrected chi connectivity index (χ1v) is 11.8. The van der Waals surface area contributed by atoms with Crippen molar-refractivity contribution in [2.45, 2.75) is 68.8 Å². The molecule has 0 spiro atoms. The number of pyridine rings is 1. The van der Waals surface area contributed by atoms with Crippen LogP contribution in [-0.4, -0.2) is 30.4 Å². The Morgan fingerprint density at radius 3 is 2.48 bits per heavy atom. The molecule has 1 fully saturated rings. The van der Waals surface area contributed by atoms with E-state index in [1.54, 1.807) is 18.0 Å². The molecule has 6 nitrogen and oxygen atoms in total. The van der Waals surface area contributed by atoms with Gasteiger partial charge in [0.15, 0.2) is 11.0 Å². The van der Waals surface area contributed by atoms with E-state index in [9.17, 15) is 4.79 Å². The molecule has 0 radical (unpaired) electrons. The molecule has 1 aliphatic carbocycles. The van der Waals surface area contributed by atoms with Gasteiger partial charge in [-0.25, -0.2) is 0 Å². The van der Waals surface area contributed by atoms with E-state index in [0.717, 1.165) is 54.6 Å². The summed E-state index contributed by atoms with van der Waals surface area (Å²) in [5.74, 6) is 1.26. The number of benzene rings is 1. The lowest BCUT2D eigenvalue weighted by molar-refractivity contribution is -0.118. The molecular formula is C24H29N5OS. The highest BCUT2D eigenvalue weighted by Gasteiger charge is 2.43. The monoisotopic (exact) mass is 435 g/mol. The smallest absolute Gasteiger partial charge is 0.241 e. The Bertz CT molecular complexity index is 1020. The molecule has 162 valence electrons. The third kappa shape index (κ3) is 4.51. The Balaban J connectivity index is 1.57. The van der Waals surface area contributed by atoms with Gasteiger partial charge < -0.3 is 9.88 Å². The minimum atomic E-state index is -0.530. The van der Waals surface area contributed by atoms with Crippen molar-refractivity contribution in [3.63, 3.8) is 0 Å². The first-order chi connectivity index (χ1) is 15.0. The fraction of sp³-hybridized carbons (Fsp3) is 0.417. The molecule has 31 heavy (non-hydrogen) atoms. The Labute approximate surface area is 187 Å². The summed E-state index contributed by atoms with van der Waals surface area (Å²) in [6, 6.07) is 13.9. The summed E-state index contributed by atoms with van der Waals surface area (Å²) in [5, 5.41) is 12.8. The van der Waals surface area contributed by atoms with Crippen LogP contribution in [0.4, 0.5) is 5.69 Å². The normalized spacial score (nSPS) is 15.4. The highest BCUT2D eigenvalue weighted by atomic mass is 32.2. The number of thioether (sulfide) groups is 1. The molecule has 0 aliphatic heterocycles. The van der Waals surface area contributed by atoms with Gasteiger partial charge in [-0.15, -0.1) is 10.2 Å². The van der Waals surface area contributed by atoms with Crippen LogP contribution >= 0.6 is 11.8 Å². The number of hydrogen-bond donors (Lipinski definition) is 1. The predicted molar refractivity (Wildman–Crippen MR) is 125 cm³/mol. The number of carbonyl (C=O) groups excluding carboxylic acids is 1.